The molecular weight excluding hydrogens is 164 g/mol. The molecule has 13 heavy (non-hydrogen) atoms. The van der Waals surface area contributed by atoms with Crippen molar-refractivity contribution >= 4 is 5.78 Å². The molecule has 0 unspecified atom stereocenters. The van der Waals surface area contributed by atoms with Crippen molar-refractivity contribution in [3.63, 3.8) is 0 Å². The highest BCUT2D eigenvalue weighted by Crippen LogP contribution is 2.33. The van der Waals surface area contributed by atoms with Gasteiger partial charge in [0, 0.05) is 6.08 Å². The van der Waals surface area contributed by atoms with Crippen molar-refractivity contribution in [1.82, 2.24) is 0 Å². The summed E-state index contributed by atoms with van der Waals surface area (Å²) in [7, 11) is 0. The minimum Gasteiger partial charge on any atom is -0.494 e. The zero-order valence-corrected chi connectivity index (χ0v) is 9.05. The molecule has 0 aromatic heterocycles. The number of rotatable bonds is 0. The number of allylic oxidation sites excluding steroid dienone is 2. The standard InChI is InChI=1S/C11H18O2/c1-7-6-9(12)8(2)10(13-7)11(3,4)5/h6,8,10H,1-5H3/t8-,10+/m1/s1. The molecule has 2 heteroatoms. The Balaban J connectivity index is 2.91. The molecule has 0 amide bonds. The Hall–Kier alpha value is -0.790. The summed E-state index contributed by atoms with van der Waals surface area (Å²) in [6, 6.07) is 0. The van der Waals surface area contributed by atoms with Gasteiger partial charge < -0.3 is 4.74 Å². The van der Waals surface area contributed by atoms with E-state index in [-0.39, 0.29) is 23.2 Å². The van der Waals surface area contributed by atoms with Crippen LogP contribution in [0.5, 0.6) is 0 Å². The molecule has 0 saturated heterocycles. The van der Waals surface area contributed by atoms with Crippen LogP contribution in [-0.4, -0.2) is 11.9 Å². The van der Waals surface area contributed by atoms with Crippen molar-refractivity contribution in [2.45, 2.75) is 40.7 Å². The smallest absolute Gasteiger partial charge is 0.165 e. The van der Waals surface area contributed by atoms with Crippen molar-refractivity contribution in [3.05, 3.63) is 11.8 Å². The fourth-order valence-corrected chi connectivity index (χ4v) is 1.74. The van der Waals surface area contributed by atoms with Crippen LogP contribution in [0.25, 0.3) is 0 Å². The molecular formula is C11H18O2. The summed E-state index contributed by atoms with van der Waals surface area (Å²) in [5.74, 6) is 0.899. The first-order valence-corrected chi connectivity index (χ1v) is 4.71. The summed E-state index contributed by atoms with van der Waals surface area (Å²) in [4.78, 5) is 11.5. The highest BCUT2D eigenvalue weighted by Gasteiger charge is 2.37. The first-order valence-electron chi connectivity index (χ1n) is 4.71. The monoisotopic (exact) mass is 182 g/mol. The van der Waals surface area contributed by atoms with E-state index in [1.807, 2.05) is 13.8 Å². The highest BCUT2D eigenvalue weighted by molar-refractivity contribution is 5.93. The second-order valence-electron chi connectivity index (χ2n) is 4.85. The summed E-state index contributed by atoms with van der Waals surface area (Å²) in [6.07, 6.45) is 1.59. The molecule has 1 aliphatic rings. The maximum atomic E-state index is 11.5. The number of hydrogen-bond acceptors (Lipinski definition) is 2. The third-order valence-corrected chi connectivity index (χ3v) is 2.41. The third-order valence-electron chi connectivity index (χ3n) is 2.41. The largest absolute Gasteiger partial charge is 0.494 e. The van der Waals surface area contributed by atoms with Crippen molar-refractivity contribution in [1.29, 1.82) is 0 Å². The van der Waals surface area contributed by atoms with Gasteiger partial charge >= 0.3 is 0 Å². The summed E-state index contributed by atoms with van der Waals surface area (Å²) in [5, 5.41) is 0. The van der Waals surface area contributed by atoms with Crippen molar-refractivity contribution in [2.24, 2.45) is 11.3 Å². The van der Waals surface area contributed by atoms with Crippen LogP contribution >= 0.6 is 0 Å². The predicted octanol–water partition coefficient (Wildman–Crippen LogP) is 2.54. The fourth-order valence-electron chi connectivity index (χ4n) is 1.74. The predicted molar refractivity (Wildman–Crippen MR) is 52.3 cm³/mol. The lowest BCUT2D eigenvalue weighted by Gasteiger charge is -2.37. The molecule has 0 aliphatic carbocycles. The maximum absolute atomic E-state index is 11.5. The van der Waals surface area contributed by atoms with Crippen LogP contribution in [0.4, 0.5) is 0 Å². The van der Waals surface area contributed by atoms with E-state index in [0.29, 0.717) is 0 Å². The number of carbonyl (C=O) groups is 1. The molecule has 0 N–H and O–H groups in total. The zero-order chi connectivity index (χ0) is 10.2. The zero-order valence-electron chi connectivity index (χ0n) is 9.05. The fraction of sp³-hybridized carbons (Fsp3) is 0.727. The Morgan fingerprint density at radius 1 is 1.38 bits per heavy atom. The lowest BCUT2D eigenvalue weighted by Crippen LogP contribution is -2.40. The van der Waals surface area contributed by atoms with Gasteiger partial charge in [0.05, 0.1) is 11.7 Å². The summed E-state index contributed by atoms with van der Waals surface area (Å²) in [6.45, 7) is 10.1. The first kappa shape index (κ1) is 10.3. The van der Waals surface area contributed by atoms with Gasteiger partial charge in [0.25, 0.3) is 0 Å². The molecule has 2 nitrogen and oxygen atoms in total. The van der Waals surface area contributed by atoms with Crippen LogP contribution in [0.3, 0.4) is 0 Å². The SMILES string of the molecule is CC1=CC(=O)[C@@H](C)[C@@H](C(C)(C)C)O1. The summed E-state index contributed by atoms with van der Waals surface area (Å²) >= 11 is 0. The van der Waals surface area contributed by atoms with Crippen LogP contribution in [0.15, 0.2) is 11.8 Å². The van der Waals surface area contributed by atoms with Crippen LogP contribution in [0.1, 0.15) is 34.6 Å². The Morgan fingerprint density at radius 3 is 2.38 bits per heavy atom. The maximum Gasteiger partial charge on any atom is 0.165 e. The first-order chi connectivity index (χ1) is 5.82. The van der Waals surface area contributed by atoms with E-state index >= 15 is 0 Å². The quantitative estimate of drug-likeness (QED) is 0.575. The minimum absolute atomic E-state index is 0.00463. The summed E-state index contributed by atoms with van der Waals surface area (Å²) in [5.41, 5.74) is 0.0184. The van der Waals surface area contributed by atoms with Crippen molar-refractivity contribution in [3.8, 4) is 0 Å². The molecule has 1 rings (SSSR count). The molecule has 0 aromatic carbocycles. The second-order valence-corrected chi connectivity index (χ2v) is 4.85. The van der Waals surface area contributed by atoms with E-state index in [1.165, 1.54) is 0 Å². The Morgan fingerprint density at radius 2 is 1.92 bits per heavy atom. The molecule has 0 aromatic rings. The van der Waals surface area contributed by atoms with Crippen LogP contribution in [0.2, 0.25) is 0 Å². The Bertz CT molecular complexity index is 245. The van der Waals surface area contributed by atoms with Crippen molar-refractivity contribution < 1.29 is 9.53 Å². The topological polar surface area (TPSA) is 26.3 Å². The molecule has 0 radical (unpaired) electrons. The molecule has 2 atom stereocenters. The number of carbonyl (C=O) groups excluding carboxylic acids is 1. The van der Waals surface area contributed by atoms with Gasteiger partial charge in [-0.15, -0.1) is 0 Å². The molecule has 0 fully saturated rings. The van der Waals surface area contributed by atoms with Gasteiger partial charge in [0.15, 0.2) is 5.78 Å². The van der Waals surface area contributed by atoms with Crippen LogP contribution < -0.4 is 0 Å². The van der Waals surface area contributed by atoms with Crippen molar-refractivity contribution in [2.75, 3.05) is 0 Å². The highest BCUT2D eigenvalue weighted by atomic mass is 16.5. The molecule has 0 spiro atoms. The second kappa shape index (κ2) is 3.17. The van der Waals surface area contributed by atoms with Gasteiger partial charge in [0.2, 0.25) is 0 Å². The van der Waals surface area contributed by atoms with E-state index in [4.69, 9.17) is 4.74 Å². The van der Waals surface area contributed by atoms with Gasteiger partial charge in [-0.3, -0.25) is 4.79 Å². The molecule has 1 heterocycles. The number of ketones is 1. The van der Waals surface area contributed by atoms with Crippen LogP contribution in [-0.2, 0) is 9.53 Å². The molecule has 0 saturated carbocycles. The third kappa shape index (κ3) is 2.11. The van der Waals surface area contributed by atoms with Gasteiger partial charge in [-0.1, -0.05) is 27.7 Å². The van der Waals surface area contributed by atoms with E-state index in [9.17, 15) is 4.79 Å². The number of hydrogen-bond donors (Lipinski definition) is 0. The minimum atomic E-state index is -0.0244. The molecule has 0 bridgehead atoms. The van der Waals surface area contributed by atoms with E-state index < -0.39 is 0 Å². The van der Waals surface area contributed by atoms with Gasteiger partial charge in [-0.25, -0.2) is 0 Å². The Labute approximate surface area is 80.0 Å². The lowest BCUT2D eigenvalue weighted by molar-refractivity contribution is -0.128. The molecule has 74 valence electrons. The summed E-state index contributed by atoms with van der Waals surface area (Å²) < 4.78 is 5.67. The molecule has 1 aliphatic heterocycles. The van der Waals surface area contributed by atoms with E-state index in [1.54, 1.807) is 6.08 Å². The van der Waals surface area contributed by atoms with E-state index in [2.05, 4.69) is 20.8 Å². The lowest BCUT2D eigenvalue weighted by atomic mass is 9.79. The Kier molecular flexibility index (Phi) is 2.51. The average molecular weight is 182 g/mol. The van der Waals surface area contributed by atoms with Crippen LogP contribution in [0, 0.1) is 11.3 Å². The van der Waals surface area contributed by atoms with Gasteiger partial charge in [-0.05, 0) is 12.3 Å². The van der Waals surface area contributed by atoms with E-state index in [0.717, 1.165) is 5.76 Å². The average Bonchev–Trinajstić information content (AvgIpc) is 1.94. The van der Waals surface area contributed by atoms with Gasteiger partial charge in [-0.2, -0.15) is 0 Å². The number of ether oxygens (including phenoxy) is 1. The van der Waals surface area contributed by atoms with Gasteiger partial charge in [0.1, 0.15) is 6.10 Å². The normalized spacial score (nSPS) is 29.6.